The molecule has 0 aromatic heterocycles. The normalized spacial score (nSPS) is 12.6. The lowest BCUT2D eigenvalue weighted by molar-refractivity contribution is -0.121. The number of carbonyl (C=O) groups is 2. The summed E-state index contributed by atoms with van der Waals surface area (Å²) in [5.74, 6) is -0.0134. The Labute approximate surface area is 172 Å². The van der Waals surface area contributed by atoms with Crippen molar-refractivity contribution in [1.82, 2.24) is 10.0 Å². The molecule has 2 aromatic rings. The lowest BCUT2D eigenvalue weighted by Crippen LogP contribution is -2.32. The van der Waals surface area contributed by atoms with Crippen LogP contribution in [0.2, 0.25) is 0 Å². The predicted molar refractivity (Wildman–Crippen MR) is 113 cm³/mol. The lowest BCUT2D eigenvalue weighted by atomic mass is 9.99. The topological polar surface area (TPSA) is 92.3 Å². The monoisotopic (exact) mass is 416 g/mol. The number of amides is 1. The number of rotatable bonds is 9. The molecule has 0 aliphatic heterocycles. The molecule has 1 unspecified atom stereocenters. The second-order valence-corrected chi connectivity index (χ2v) is 9.11. The van der Waals surface area contributed by atoms with Gasteiger partial charge < -0.3 is 5.32 Å². The molecule has 0 saturated heterocycles. The van der Waals surface area contributed by atoms with E-state index in [4.69, 9.17) is 0 Å². The minimum Gasteiger partial charge on any atom is -0.350 e. The van der Waals surface area contributed by atoms with Crippen LogP contribution in [0, 0.1) is 0 Å². The molecular formula is C22H28N2O4S. The molecule has 1 atom stereocenters. The first-order chi connectivity index (χ1) is 13.6. The minimum absolute atomic E-state index is 0.00391. The summed E-state index contributed by atoms with van der Waals surface area (Å²) in [6.45, 7) is 7.48. The van der Waals surface area contributed by atoms with E-state index >= 15 is 0 Å². The molecule has 6 nitrogen and oxygen atoms in total. The first kappa shape index (κ1) is 22.8. The van der Waals surface area contributed by atoms with Gasteiger partial charge in [-0.15, -0.1) is 0 Å². The van der Waals surface area contributed by atoms with Gasteiger partial charge in [-0.25, -0.2) is 13.1 Å². The van der Waals surface area contributed by atoms with Gasteiger partial charge in [0.05, 0.1) is 10.9 Å². The van der Waals surface area contributed by atoms with Gasteiger partial charge in [0.1, 0.15) is 0 Å². The number of sulfonamides is 1. The largest absolute Gasteiger partial charge is 0.350 e. The third kappa shape index (κ3) is 6.51. The fourth-order valence-electron chi connectivity index (χ4n) is 2.83. The Balaban J connectivity index is 1.88. The van der Waals surface area contributed by atoms with Crippen LogP contribution in [0.25, 0.3) is 0 Å². The van der Waals surface area contributed by atoms with Crippen molar-refractivity contribution in [3.8, 4) is 0 Å². The zero-order chi connectivity index (χ0) is 21.6. The first-order valence-corrected chi connectivity index (χ1v) is 11.1. The van der Waals surface area contributed by atoms with Crippen molar-refractivity contribution in [1.29, 1.82) is 0 Å². The fraction of sp³-hybridized carbons (Fsp3) is 0.364. The third-order valence-electron chi connectivity index (χ3n) is 4.68. The molecule has 0 bridgehead atoms. The van der Waals surface area contributed by atoms with E-state index in [1.807, 2.05) is 31.2 Å². The molecule has 156 valence electrons. The second-order valence-electron chi connectivity index (χ2n) is 7.34. The van der Waals surface area contributed by atoms with Gasteiger partial charge in [-0.1, -0.05) is 50.2 Å². The number of carbonyl (C=O) groups excluding carboxylic acids is 2. The van der Waals surface area contributed by atoms with Gasteiger partial charge in [0, 0.05) is 18.5 Å². The number of ketones is 1. The summed E-state index contributed by atoms with van der Waals surface area (Å²) in [5, 5.41) is 2.88. The van der Waals surface area contributed by atoms with Crippen LogP contribution in [0.5, 0.6) is 0 Å². The molecule has 0 fully saturated rings. The summed E-state index contributed by atoms with van der Waals surface area (Å²) in [6.07, 6.45) is 0.0139. The highest BCUT2D eigenvalue weighted by atomic mass is 32.2. The maximum atomic E-state index is 12.4. The molecule has 0 saturated carbocycles. The van der Waals surface area contributed by atoms with Crippen molar-refractivity contribution in [2.75, 3.05) is 6.54 Å². The second kappa shape index (κ2) is 9.80. The first-order valence-electron chi connectivity index (χ1n) is 9.60. The van der Waals surface area contributed by atoms with Gasteiger partial charge in [-0.2, -0.15) is 0 Å². The summed E-state index contributed by atoms with van der Waals surface area (Å²) in [6, 6.07) is 13.7. The van der Waals surface area contributed by atoms with Gasteiger partial charge in [0.25, 0.3) is 0 Å². The van der Waals surface area contributed by atoms with E-state index in [0.717, 1.165) is 5.56 Å². The average molecular weight is 417 g/mol. The maximum Gasteiger partial charge on any atom is 0.240 e. The van der Waals surface area contributed by atoms with E-state index < -0.39 is 10.0 Å². The van der Waals surface area contributed by atoms with E-state index in [1.54, 1.807) is 6.07 Å². The van der Waals surface area contributed by atoms with E-state index in [-0.39, 0.29) is 35.6 Å². The molecule has 0 spiro atoms. The summed E-state index contributed by atoms with van der Waals surface area (Å²) >= 11 is 0. The zero-order valence-corrected chi connectivity index (χ0v) is 18.0. The van der Waals surface area contributed by atoms with Crippen molar-refractivity contribution in [3.63, 3.8) is 0 Å². The molecule has 7 heteroatoms. The molecule has 29 heavy (non-hydrogen) atoms. The van der Waals surface area contributed by atoms with Crippen molar-refractivity contribution in [2.24, 2.45) is 0 Å². The zero-order valence-electron chi connectivity index (χ0n) is 17.2. The molecule has 0 radical (unpaired) electrons. The Kier molecular flexibility index (Phi) is 7.70. The van der Waals surface area contributed by atoms with Gasteiger partial charge in [0.2, 0.25) is 15.9 Å². The molecule has 2 aromatic carbocycles. The Morgan fingerprint density at radius 2 is 1.59 bits per heavy atom. The van der Waals surface area contributed by atoms with E-state index in [2.05, 4.69) is 23.9 Å². The smallest absolute Gasteiger partial charge is 0.240 e. The number of Topliss-reactive ketones (excluding diaryl/α,β-unsaturated/α-hetero) is 1. The van der Waals surface area contributed by atoms with Crippen LogP contribution in [-0.4, -0.2) is 26.7 Å². The van der Waals surface area contributed by atoms with Crippen molar-refractivity contribution in [2.45, 2.75) is 51.0 Å². The van der Waals surface area contributed by atoms with Crippen LogP contribution in [0.4, 0.5) is 0 Å². The fourth-order valence-corrected chi connectivity index (χ4v) is 3.91. The highest BCUT2D eigenvalue weighted by Crippen LogP contribution is 2.18. The highest BCUT2D eigenvalue weighted by molar-refractivity contribution is 7.89. The summed E-state index contributed by atoms with van der Waals surface area (Å²) in [7, 11) is -3.79. The number of hydrogen-bond donors (Lipinski definition) is 2. The quantitative estimate of drug-likeness (QED) is 0.612. The van der Waals surface area contributed by atoms with Gasteiger partial charge in [0.15, 0.2) is 5.78 Å². The van der Waals surface area contributed by atoms with Crippen LogP contribution < -0.4 is 10.0 Å². The number of hydrogen-bond acceptors (Lipinski definition) is 4. The molecule has 2 N–H and O–H groups in total. The lowest BCUT2D eigenvalue weighted by Gasteiger charge is -2.16. The van der Waals surface area contributed by atoms with Crippen LogP contribution in [-0.2, 0) is 14.8 Å². The molecule has 1 amide bonds. The van der Waals surface area contributed by atoms with E-state index in [9.17, 15) is 18.0 Å². The van der Waals surface area contributed by atoms with Crippen molar-refractivity contribution < 1.29 is 18.0 Å². The van der Waals surface area contributed by atoms with Crippen molar-refractivity contribution >= 4 is 21.7 Å². The molecule has 2 rings (SSSR count). The Morgan fingerprint density at radius 1 is 0.966 bits per heavy atom. The summed E-state index contributed by atoms with van der Waals surface area (Å²) < 4.78 is 27.1. The molecule has 0 heterocycles. The highest BCUT2D eigenvalue weighted by Gasteiger charge is 2.16. The molecule has 0 aliphatic carbocycles. The molecule has 0 aliphatic rings. The van der Waals surface area contributed by atoms with Gasteiger partial charge in [-0.3, -0.25) is 9.59 Å². The van der Waals surface area contributed by atoms with Crippen molar-refractivity contribution in [3.05, 3.63) is 65.2 Å². The van der Waals surface area contributed by atoms with Crippen LogP contribution in [0.3, 0.4) is 0 Å². The summed E-state index contributed by atoms with van der Waals surface area (Å²) in [4.78, 5) is 23.6. The summed E-state index contributed by atoms with van der Waals surface area (Å²) in [5.41, 5.74) is 2.54. The number of nitrogens with one attached hydrogen (secondary N) is 2. The Hall–Kier alpha value is -2.51. The maximum absolute atomic E-state index is 12.4. The van der Waals surface area contributed by atoms with Crippen LogP contribution in [0.15, 0.2) is 53.4 Å². The standard InChI is InChI=1S/C22H28N2O4S/c1-15(2)18-8-10-19(11-9-18)16(3)24-22(26)12-13-23-29(27,28)21-7-5-6-20(14-21)17(4)25/h5-11,14-16,23H,12-13H2,1-4H3,(H,24,26). The van der Waals surface area contributed by atoms with E-state index in [0.29, 0.717) is 11.5 Å². The SMILES string of the molecule is CC(=O)c1cccc(S(=O)(=O)NCCC(=O)NC(C)c2ccc(C(C)C)cc2)c1. The Bertz CT molecular complexity index is 967. The van der Waals surface area contributed by atoms with Crippen LogP contribution >= 0.6 is 0 Å². The van der Waals surface area contributed by atoms with Gasteiger partial charge >= 0.3 is 0 Å². The predicted octanol–water partition coefficient (Wildman–Crippen LogP) is 3.56. The van der Waals surface area contributed by atoms with Gasteiger partial charge in [-0.05, 0) is 43.0 Å². The number of benzene rings is 2. The molecular weight excluding hydrogens is 388 g/mol. The Morgan fingerprint density at radius 3 is 2.17 bits per heavy atom. The van der Waals surface area contributed by atoms with Crippen LogP contribution in [0.1, 0.15) is 67.6 Å². The third-order valence-corrected chi connectivity index (χ3v) is 6.13. The average Bonchev–Trinajstić information content (AvgIpc) is 2.67. The van der Waals surface area contributed by atoms with E-state index in [1.165, 1.54) is 30.7 Å². The minimum atomic E-state index is -3.79.